The Morgan fingerprint density at radius 1 is 1.20 bits per heavy atom. The van der Waals surface area contributed by atoms with Gasteiger partial charge in [0.25, 0.3) is 0 Å². The van der Waals surface area contributed by atoms with E-state index in [1.165, 1.54) is 9.80 Å². The minimum atomic E-state index is -4.36. The van der Waals surface area contributed by atoms with Crippen molar-refractivity contribution in [1.82, 2.24) is 9.80 Å². The molecule has 1 amide bonds. The number of nitrogens with zero attached hydrogens (tertiary/aromatic N) is 2. The standard InChI is InChI=1S/C31H33F3N4O6/c1-37(2)23-18-11-16-10-15-9-14-6-5-13(12-38-7-3-4-19(38)31(32,33)34)8-17(14)24(39)20(15)25(40)21(16)28(42)30(18,44)27(35)22(26(23)41)29(36)43/h5-6,8-9,16,18-19,21-23,35,39,44H,3-4,7,10-12H2,1-2H3,(H2,36,43). The van der Waals surface area contributed by atoms with Gasteiger partial charge in [0.15, 0.2) is 23.0 Å². The van der Waals surface area contributed by atoms with Crippen LogP contribution in [0, 0.1) is 29.1 Å². The first-order chi connectivity index (χ1) is 20.6. The fourth-order valence-corrected chi connectivity index (χ4v) is 8.19. The molecule has 2 saturated carbocycles. The van der Waals surface area contributed by atoms with Crippen molar-refractivity contribution in [3.05, 3.63) is 41.0 Å². The first kappa shape index (κ1) is 30.4. The number of aliphatic hydroxyl groups is 1. The topological polar surface area (TPSA) is 165 Å². The monoisotopic (exact) mass is 614 g/mol. The van der Waals surface area contributed by atoms with Crippen LogP contribution in [0.3, 0.4) is 0 Å². The fraction of sp³-hybridized carbons (Fsp3) is 0.516. The van der Waals surface area contributed by atoms with Crippen molar-refractivity contribution in [2.75, 3.05) is 20.6 Å². The molecule has 2 aromatic carbocycles. The summed E-state index contributed by atoms with van der Waals surface area (Å²) in [7, 11) is 3.11. The SMILES string of the molecule is CN(C)C1C(=O)C(C(N)=O)C(=N)C2(O)C(=O)C3C(=O)c4c(cc5ccc(CN6CCCC6C(F)(F)F)cc5c4O)CC3CC12. The van der Waals surface area contributed by atoms with E-state index in [0.717, 1.165) is 0 Å². The van der Waals surface area contributed by atoms with E-state index in [2.05, 4.69) is 0 Å². The molecule has 0 bridgehead atoms. The van der Waals surface area contributed by atoms with Crippen molar-refractivity contribution in [3.8, 4) is 5.75 Å². The van der Waals surface area contributed by atoms with Crippen molar-refractivity contribution in [2.45, 2.75) is 56.1 Å². The van der Waals surface area contributed by atoms with E-state index in [4.69, 9.17) is 11.1 Å². The maximum Gasteiger partial charge on any atom is 0.404 e. The van der Waals surface area contributed by atoms with Gasteiger partial charge in [-0.1, -0.05) is 18.2 Å². The molecule has 5 N–H and O–H groups in total. The number of benzene rings is 2. The van der Waals surface area contributed by atoms with Crippen LogP contribution in [0.5, 0.6) is 5.75 Å². The summed E-state index contributed by atoms with van der Waals surface area (Å²) >= 11 is 0. The lowest BCUT2D eigenvalue weighted by atomic mass is 9.52. The molecular weight excluding hydrogens is 581 g/mol. The number of Topliss-reactive ketones (excluding diaryl/α,β-unsaturated/α-hetero) is 3. The van der Waals surface area contributed by atoms with Crippen LogP contribution in [0.1, 0.15) is 40.7 Å². The summed E-state index contributed by atoms with van der Waals surface area (Å²) < 4.78 is 40.5. The van der Waals surface area contributed by atoms with Gasteiger partial charge in [0.1, 0.15) is 17.7 Å². The van der Waals surface area contributed by atoms with Gasteiger partial charge in [-0.3, -0.25) is 29.0 Å². The third-order valence-corrected chi connectivity index (χ3v) is 10.1. The molecule has 1 saturated heterocycles. The van der Waals surface area contributed by atoms with Crippen LogP contribution in [0.2, 0.25) is 0 Å². The van der Waals surface area contributed by atoms with Gasteiger partial charge in [-0.25, -0.2) is 0 Å². The Labute approximate surface area is 250 Å². The van der Waals surface area contributed by atoms with E-state index < -0.39 is 82.3 Å². The molecule has 7 unspecified atom stereocenters. The van der Waals surface area contributed by atoms with E-state index in [9.17, 15) is 42.6 Å². The first-order valence-electron chi connectivity index (χ1n) is 14.5. The Bertz CT molecular complexity index is 1640. The van der Waals surface area contributed by atoms with Gasteiger partial charge in [-0.05, 0) is 74.8 Å². The van der Waals surface area contributed by atoms with Crippen molar-refractivity contribution < 1.29 is 42.6 Å². The lowest BCUT2D eigenvalue weighted by Crippen LogP contribution is -2.73. The highest BCUT2D eigenvalue weighted by molar-refractivity contribution is 6.33. The summed E-state index contributed by atoms with van der Waals surface area (Å²) in [6.45, 7) is 0.273. The molecule has 4 aliphatic rings. The van der Waals surface area contributed by atoms with Crippen LogP contribution in [-0.2, 0) is 27.3 Å². The fourth-order valence-electron chi connectivity index (χ4n) is 8.19. The maximum absolute atomic E-state index is 14.1. The summed E-state index contributed by atoms with van der Waals surface area (Å²) in [6, 6.07) is 3.96. The number of halogens is 3. The number of primary amides is 1. The van der Waals surface area contributed by atoms with E-state index in [1.54, 1.807) is 38.4 Å². The van der Waals surface area contributed by atoms with Crippen LogP contribution in [0.4, 0.5) is 13.2 Å². The Hall–Kier alpha value is -3.68. The number of ketones is 3. The highest BCUT2D eigenvalue weighted by Gasteiger charge is 2.67. The second-order valence-electron chi connectivity index (χ2n) is 12.8. The highest BCUT2D eigenvalue weighted by Crippen LogP contribution is 2.51. The molecule has 0 radical (unpaired) electrons. The van der Waals surface area contributed by atoms with Gasteiger partial charge in [0.2, 0.25) is 5.91 Å². The number of phenolic OH excluding ortho intramolecular Hbond substituents is 1. The quantitative estimate of drug-likeness (QED) is 0.380. The summed E-state index contributed by atoms with van der Waals surface area (Å²) in [4.78, 5) is 56.4. The van der Waals surface area contributed by atoms with Crippen molar-refractivity contribution in [2.24, 2.45) is 29.4 Å². The Balaban J connectivity index is 1.39. The number of alkyl halides is 3. The van der Waals surface area contributed by atoms with Gasteiger partial charge in [0, 0.05) is 17.8 Å². The third kappa shape index (κ3) is 4.31. The number of nitrogens with one attached hydrogen (secondary N) is 1. The van der Waals surface area contributed by atoms with Gasteiger partial charge < -0.3 is 21.4 Å². The van der Waals surface area contributed by atoms with Crippen LogP contribution >= 0.6 is 0 Å². The molecule has 7 atom stereocenters. The molecule has 6 rings (SSSR count). The average Bonchev–Trinajstić information content (AvgIpc) is 3.39. The molecule has 3 aliphatic carbocycles. The molecule has 0 aromatic heterocycles. The molecule has 0 spiro atoms. The number of carbonyl (C=O) groups excluding carboxylic acids is 4. The smallest absolute Gasteiger partial charge is 0.404 e. The second kappa shape index (κ2) is 10.2. The molecule has 2 aromatic rings. The molecular formula is C31H33F3N4O6. The summed E-state index contributed by atoms with van der Waals surface area (Å²) in [6.07, 6.45) is -3.75. The zero-order valence-electron chi connectivity index (χ0n) is 24.1. The number of nitrogens with two attached hydrogens (primary N) is 1. The minimum absolute atomic E-state index is 0.00288. The minimum Gasteiger partial charge on any atom is -0.507 e. The molecule has 1 aliphatic heterocycles. The number of aromatic hydroxyl groups is 1. The third-order valence-electron chi connectivity index (χ3n) is 10.1. The maximum atomic E-state index is 14.1. The lowest BCUT2D eigenvalue weighted by Gasteiger charge is -2.53. The number of carbonyl (C=O) groups is 4. The molecule has 1 heterocycles. The predicted molar refractivity (Wildman–Crippen MR) is 151 cm³/mol. The number of rotatable bonds is 4. The highest BCUT2D eigenvalue weighted by atomic mass is 19.4. The Kier molecular flexibility index (Phi) is 7.02. The van der Waals surface area contributed by atoms with Crippen molar-refractivity contribution in [1.29, 1.82) is 5.41 Å². The number of amides is 1. The van der Waals surface area contributed by atoms with Crippen molar-refractivity contribution in [3.63, 3.8) is 0 Å². The Morgan fingerprint density at radius 2 is 1.91 bits per heavy atom. The van der Waals surface area contributed by atoms with E-state index in [-0.39, 0.29) is 43.3 Å². The summed E-state index contributed by atoms with van der Waals surface area (Å²) in [5.41, 5.74) is 2.86. The predicted octanol–water partition coefficient (Wildman–Crippen LogP) is 2.00. The van der Waals surface area contributed by atoms with E-state index in [1.807, 2.05) is 0 Å². The number of likely N-dealkylation sites (tertiary alicyclic amines) is 1. The van der Waals surface area contributed by atoms with Gasteiger partial charge in [-0.15, -0.1) is 0 Å². The van der Waals surface area contributed by atoms with Gasteiger partial charge in [0.05, 0.1) is 23.2 Å². The number of phenols is 1. The molecule has 44 heavy (non-hydrogen) atoms. The molecule has 234 valence electrons. The van der Waals surface area contributed by atoms with Crippen LogP contribution in [-0.4, -0.2) is 93.5 Å². The molecule has 13 heteroatoms. The first-order valence-corrected chi connectivity index (χ1v) is 14.5. The van der Waals surface area contributed by atoms with E-state index >= 15 is 0 Å². The van der Waals surface area contributed by atoms with Crippen molar-refractivity contribution >= 4 is 39.7 Å². The molecule has 3 fully saturated rings. The zero-order valence-corrected chi connectivity index (χ0v) is 24.1. The van der Waals surface area contributed by atoms with Crippen LogP contribution in [0.25, 0.3) is 10.8 Å². The second-order valence-corrected chi connectivity index (χ2v) is 12.8. The van der Waals surface area contributed by atoms with E-state index in [0.29, 0.717) is 22.9 Å². The van der Waals surface area contributed by atoms with Crippen LogP contribution < -0.4 is 5.73 Å². The largest absolute Gasteiger partial charge is 0.507 e. The Morgan fingerprint density at radius 3 is 2.55 bits per heavy atom. The van der Waals surface area contributed by atoms with Crippen LogP contribution in [0.15, 0.2) is 24.3 Å². The number of hydrogen-bond acceptors (Lipinski definition) is 9. The normalized spacial score (nSPS) is 32.6. The number of likely N-dealkylation sites (N-methyl/N-ethyl adjacent to an activating group) is 1. The average molecular weight is 615 g/mol. The van der Waals surface area contributed by atoms with Gasteiger partial charge >= 0.3 is 6.18 Å². The summed E-state index contributed by atoms with van der Waals surface area (Å²) in [5.74, 6) is -9.06. The lowest BCUT2D eigenvalue weighted by molar-refractivity contribution is -0.177. The summed E-state index contributed by atoms with van der Waals surface area (Å²) in [5, 5.41) is 32.6. The molecule has 10 nitrogen and oxygen atoms in total. The van der Waals surface area contributed by atoms with Gasteiger partial charge in [-0.2, -0.15) is 13.2 Å². The number of fused-ring (bicyclic) bond motifs is 4. The number of hydrogen-bond donors (Lipinski definition) is 4. The zero-order chi connectivity index (χ0) is 32.0.